The molecule has 13 nitrogen and oxygen atoms in total. The number of nitro benzene ring substituents is 1. The first-order valence-corrected chi connectivity index (χ1v) is 23.1. The molecule has 0 bridgehead atoms. The number of carbonyl (C=O) groups excluding carboxylic acids is 1. The second-order valence-corrected chi connectivity index (χ2v) is 19.8. The molecule has 338 valence electrons. The third-order valence-electron chi connectivity index (χ3n) is 12.7. The summed E-state index contributed by atoms with van der Waals surface area (Å²) in [5.41, 5.74) is 3.71. The van der Waals surface area contributed by atoms with Crippen molar-refractivity contribution in [3.8, 4) is 11.5 Å². The topological polar surface area (TPSA) is 163 Å². The minimum atomic E-state index is -4.59. The number of carbonyl (C=O) groups is 1. The molecule has 4 aromatic rings. The van der Waals surface area contributed by atoms with Crippen LogP contribution < -0.4 is 19.7 Å². The van der Waals surface area contributed by atoms with Gasteiger partial charge in [-0.2, -0.15) is 13.2 Å². The van der Waals surface area contributed by atoms with Gasteiger partial charge >= 0.3 is 6.18 Å². The zero-order valence-corrected chi connectivity index (χ0v) is 36.8. The van der Waals surface area contributed by atoms with Gasteiger partial charge in [0.2, 0.25) is 0 Å². The van der Waals surface area contributed by atoms with Crippen LogP contribution in [0.25, 0.3) is 11.0 Å². The SMILES string of the molecule is C=C(CCC(F)(F)F)C1=C(CN2CCN(c3ccc(C(=O)NS(=O)(=O)c4ccc(NCC5CCC(C)CC5)c([N+](=O)[O-])c4)c(Oc4cnc5[nH]ccc5c4)c3)CC2)CCC(C)(C)C1. The number of sulfonamides is 1. The van der Waals surface area contributed by atoms with Crippen LogP contribution in [-0.4, -0.2) is 79.6 Å². The molecular weight excluding hydrogens is 836 g/mol. The van der Waals surface area contributed by atoms with Gasteiger partial charge in [-0.1, -0.05) is 51.3 Å². The third-order valence-corrected chi connectivity index (χ3v) is 14.0. The number of nitrogens with one attached hydrogen (secondary N) is 3. The molecule has 2 aliphatic carbocycles. The number of fused-ring (bicyclic) bond motifs is 1. The molecule has 17 heteroatoms. The van der Waals surface area contributed by atoms with Crippen LogP contribution in [0.4, 0.5) is 30.2 Å². The van der Waals surface area contributed by atoms with Gasteiger partial charge in [-0.25, -0.2) is 18.1 Å². The number of hydrogen-bond acceptors (Lipinski definition) is 10. The van der Waals surface area contributed by atoms with Crippen molar-refractivity contribution >= 4 is 44.0 Å². The minimum absolute atomic E-state index is 0.0219. The van der Waals surface area contributed by atoms with Crippen molar-refractivity contribution in [3.63, 3.8) is 0 Å². The summed E-state index contributed by atoms with van der Waals surface area (Å²) in [6.07, 6.45) is 4.61. The Morgan fingerprint density at radius 1 is 1.06 bits per heavy atom. The summed E-state index contributed by atoms with van der Waals surface area (Å²) in [6, 6.07) is 12.0. The maximum atomic E-state index is 13.9. The molecule has 2 fully saturated rings. The van der Waals surface area contributed by atoms with Crippen molar-refractivity contribution in [2.24, 2.45) is 17.3 Å². The fourth-order valence-electron chi connectivity index (χ4n) is 8.84. The molecule has 2 aromatic heterocycles. The van der Waals surface area contributed by atoms with Crippen LogP contribution >= 0.6 is 0 Å². The summed E-state index contributed by atoms with van der Waals surface area (Å²) in [5.74, 6) is 0.391. The first kappa shape index (κ1) is 45.6. The monoisotopic (exact) mass is 891 g/mol. The number of hydrogen-bond donors (Lipinski definition) is 3. The second-order valence-electron chi connectivity index (χ2n) is 18.2. The van der Waals surface area contributed by atoms with Gasteiger partial charge in [0, 0.05) is 75.1 Å². The largest absolute Gasteiger partial charge is 0.455 e. The lowest BCUT2D eigenvalue weighted by molar-refractivity contribution is -0.384. The fraction of sp³-hybridized carbons (Fsp3) is 0.478. The summed E-state index contributed by atoms with van der Waals surface area (Å²) in [5, 5.41) is 16.0. The van der Waals surface area contributed by atoms with Crippen LogP contribution in [0, 0.1) is 27.4 Å². The summed E-state index contributed by atoms with van der Waals surface area (Å²) >= 11 is 0. The Hall–Kier alpha value is -5.42. The van der Waals surface area contributed by atoms with Gasteiger partial charge in [0.1, 0.15) is 22.8 Å². The zero-order valence-electron chi connectivity index (χ0n) is 36.0. The van der Waals surface area contributed by atoms with E-state index in [0.29, 0.717) is 74.5 Å². The van der Waals surface area contributed by atoms with Crippen molar-refractivity contribution in [2.45, 2.75) is 89.6 Å². The second kappa shape index (κ2) is 18.7. The van der Waals surface area contributed by atoms with E-state index in [4.69, 9.17) is 4.74 Å². The Morgan fingerprint density at radius 2 is 1.81 bits per heavy atom. The van der Waals surface area contributed by atoms with Crippen LogP contribution in [0.2, 0.25) is 0 Å². The van der Waals surface area contributed by atoms with E-state index in [1.165, 1.54) is 24.4 Å². The number of aromatic amines is 1. The number of nitrogens with zero attached hydrogens (tertiary/aromatic N) is 4. The van der Waals surface area contributed by atoms with Crippen LogP contribution in [0.5, 0.6) is 11.5 Å². The fourth-order valence-corrected chi connectivity index (χ4v) is 9.83. The van der Waals surface area contributed by atoms with Crippen molar-refractivity contribution in [3.05, 3.63) is 99.9 Å². The van der Waals surface area contributed by atoms with E-state index in [2.05, 4.69) is 57.2 Å². The molecule has 63 heavy (non-hydrogen) atoms. The number of anilines is 2. The number of alkyl halides is 3. The molecule has 1 saturated carbocycles. The number of rotatable bonds is 15. The van der Waals surface area contributed by atoms with Gasteiger partial charge in [-0.15, -0.1) is 0 Å². The number of ether oxygens (including phenoxy) is 1. The highest BCUT2D eigenvalue weighted by Crippen LogP contribution is 2.43. The Labute approximate surface area is 366 Å². The summed E-state index contributed by atoms with van der Waals surface area (Å²) < 4.78 is 75.1. The molecule has 1 amide bonds. The highest BCUT2D eigenvalue weighted by molar-refractivity contribution is 7.90. The van der Waals surface area contributed by atoms with Gasteiger partial charge < -0.3 is 19.9 Å². The number of pyridine rings is 1. The summed E-state index contributed by atoms with van der Waals surface area (Å²) in [4.78, 5) is 36.8. The number of nitro groups is 1. The van der Waals surface area contributed by atoms with Gasteiger partial charge in [-0.3, -0.25) is 19.8 Å². The third kappa shape index (κ3) is 11.6. The Kier molecular flexibility index (Phi) is 13.6. The van der Waals surface area contributed by atoms with Crippen molar-refractivity contribution < 1.29 is 36.0 Å². The van der Waals surface area contributed by atoms with E-state index in [1.54, 1.807) is 24.4 Å². The van der Waals surface area contributed by atoms with E-state index in [9.17, 15) is 36.5 Å². The smallest absolute Gasteiger partial charge is 0.389 e. The first-order chi connectivity index (χ1) is 29.8. The number of amides is 1. The number of H-pyrrole nitrogens is 1. The zero-order chi connectivity index (χ0) is 45.1. The van der Waals surface area contributed by atoms with Gasteiger partial charge in [-0.05, 0) is 97.7 Å². The lowest BCUT2D eigenvalue weighted by Gasteiger charge is -2.39. The molecule has 0 radical (unpaired) electrons. The van der Waals surface area contributed by atoms with E-state index in [0.717, 1.165) is 66.8 Å². The number of allylic oxidation sites excluding steroid dienone is 2. The van der Waals surface area contributed by atoms with Gasteiger partial charge in [0.15, 0.2) is 0 Å². The van der Waals surface area contributed by atoms with Crippen molar-refractivity contribution in [1.29, 1.82) is 0 Å². The maximum Gasteiger partial charge on any atom is 0.389 e. The number of piperazine rings is 1. The quantitative estimate of drug-likeness (QED) is 0.0773. The van der Waals surface area contributed by atoms with E-state index >= 15 is 0 Å². The molecule has 3 heterocycles. The molecular formula is C46H56F3N7O6S. The predicted octanol–water partition coefficient (Wildman–Crippen LogP) is 10.1. The molecule has 1 aliphatic heterocycles. The van der Waals surface area contributed by atoms with Crippen molar-refractivity contribution in [2.75, 3.05) is 49.5 Å². The Balaban J connectivity index is 1.08. The number of aromatic nitrogens is 2. The molecule has 0 atom stereocenters. The van der Waals surface area contributed by atoms with Crippen LogP contribution in [0.15, 0.2) is 89.1 Å². The van der Waals surface area contributed by atoms with E-state index in [1.807, 2.05) is 6.07 Å². The Bertz CT molecular complexity index is 2490. The molecule has 7 rings (SSSR count). The molecule has 0 unspecified atom stereocenters. The predicted molar refractivity (Wildman–Crippen MR) is 238 cm³/mol. The standard InChI is InChI=1S/C46H56F3N7O6S/c1-30-5-7-32(8-6-30)27-51-40-12-10-37(25-41(40)56(58)59)63(60,61)53-44(57)38-11-9-35(24-42(38)62-36-23-33-15-18-50-43(33)52-28-36)55-21-19-54(20-22-55)29-34-14-16-45(3,4)26-39(34)31(2)13-17-46(47,48)49/h9-12,15,18,23-25,28,30,32,51H,2,5-8,13-14,16-17,19-22,26-27,29H2,1,3-4H3,(H,50,52)(H,53,57). The highest BCUT2D eigenvalue weighted by atomic mass is 32.2. The molecule has 0 spiro atoms. The van der Waals surface area contributed by atoms with Crippen LogP contribution in [0.1, 0.15) is 88.9 Å². The van der Waals surface area contributed by atoms with Gasteiger partial charge in [0.05, 0.1) is 21.6 Å². The maximum absolute atomic E-state index is 13.9. The average molecular weight is 892 g/mol. The highest BCUT2D eigenvalue weighted by Gasteiger charge is 2.33. The molecule has 3 aliphatic rings. The van der Waals surface area contributed by atoms with E-state index in [-0.39, 0.29) is 28.8 Å². The number of halogens is 3. The summed E-state index contributed by atoms with van der Waals surface area (Å²) in [6.45, 7) is 14.3. The number of benzene rings is 2. The molecule has 1 saturated heterocycles. The van der Waals surface area contributed by atoms with Gasteiger partial charge in [0.25, 0.3) is 21.6 Å². The van der Waals surface area contributed by atoms with Crippen LogP contribution in [0.3, 0.4) is 0 Å². The normalized spacial score (nSPS) is 19.8. The Morgan fingerprint density at radius 3 is 2.52 bits per heavy atom. The lowest BCUT2D eigenvalue weighted by atomic mass is 9.72. The molecule has 3 N–H and O–H groups in total. The van der Waals surface area contributed by atoms with E-state index < -0.39 is 44.0 Å². The van der Waals surface area contributed by atoms with Crippen LogP contribution in [-0.2, 0) is 10.0 Å². The lowest BCUT2D eigenvalue weighted by Crippen LogP contribution is -2.47. The van der Waals surface area contributed by atoms with Crippen molar-refractivity contribution in [1.82, 2.24) is 19.6 Å². The average Bonchev–Trinajstić information content (AvgIpc) is 3.71. The molecule has 2 aromatic carbocycles. The first-order valence-electron chi connectivity index (χ1n) is 21.6. The summed E-state index contributed by atoms with van der Waals surface area (Å²) in [7, 11) is -4.59. The minimum Gasteiger partial charge on any atom is -0.455 e.